The SMILES string of the molecule is COc1ccc2[nH]c(N[C@@H](Cc3ccc(OCCCC(=O)NC4=NCCCN4)cc3)C(=O)OC(C)(C)C)nc2c1. The predicted molar refractivity (Wildman–Crippen MR) is 154 cm³/mol. The summed E-state index contributed by atoms with van der Waals surface area (Å²) in [6.45, 7) is 7.48. The molecule has 4 N–H and O–H groups in total. The van der Waals surface area contributed by atoms with Crippen LogP contribution in [-0.2, 0) is 20.7 Å². The monoisotopic (exact) mass is 550 g/mol. The molecule has 2 heterocycles. The average Bonchev–Trinajstić information content (AvgIpc) is 3.33. The van der Waals surface area contributed by atoms with Gasteiger partial charge < -0.3 is 29.8 Å². The Morgan fingerprint density at radius 2 is 1.88 bits per heavy atom. The van der Waals surface area contributed by atoms with Crippen LogP contribution in [0.4, 0.5) is 5.95 Å². The van der Waals surface area contributed by atoms with Crippen molar-refractivity contribution < 1.29 is 23.8 Å². The minimum atomic E-state index is -0.671. The Bertz CT molecular complexity index is 1330. The normalized spacial score (nSPS) is 14.1. The fourth-order valence-electron chi connectivity index (χ4n) is 4.10. The first-order valence-corrected chi connectivity index (χ1v) is 13.5. The van der Waals surface area contributed by atoms with Crippen molar-refractivity contribution in [3.8, 4) is 11.5 Å². The van der Waals surface area contributed by atoms with Gasteiger partial charge in [-0.05, 0) is 63.4 Å². The molecule has 0 spiro atoms. The summed E-state index contributed by atoms with van der Waals surface area (Å²) in [4.78, 5) is 37.2. The van der Waals surface area contributed by atoms with Gasteiger partial charge in [0.2, 0.25) is 11.9 Å². The molecule has 0 unspecified atom stereocenters. The average molecular weight is 551 g/mol. The molecule has 40 heavy (non-hydrogen) atoms. The minimum absolute atomic E-state index is 0.0867. The van der Waals surface area contributed by atoms with Gasteiger partial charge in [-0.2, -0.15) is 0 Å². The molecule has 214 valence electrons. The third-order valence-corrected chi connectivity index (χ3v) is 6.03. The van der Waals surface area contributed by atoms with Gasteiger partial charge in [0.1, 0.15) is 23.1 Å². The van der Waals surface area contributed by atoms with Crippen LogP contribution in [0.15, 0.2) is 47.5 Å². The second-order valence-corrected chi connectivity index (χ2v) is 10.6. The number of imidazole rings is 1. The number of guanidine groups is 1. The van der Waals surface area contributed by atoms with E-state index in [-0.39, 0.29) is 11.9 Å². The van der Waals surface area contributed by atoms with Crippen LogP contribution in [-0.4, -0.2) is 66.3 Å². The molecule has 0 fully saturated rings. The lowest BCUT2D eigenvalue weighted by Crippen LogP contribution is -2.43. The number of nitrogens with zero attached hydrogens (tertiary/aromatic N) is 2. The molecule has 3 aromatic rings. The maximum atomic E-state index is 13.1. The highest BCUT2D eigenvalue weighted by atomic mass is 16.6. The Hall–Kier alpha value is -4.28. The number of fused-ring (bicyclic) bond motifs is 1. The zero-order chi connectivity index (χ0) is 28.5. The maximum absolute atomic E-state index is 13.1. The smallest absolute Gasteiger partial charge is 0.329 e. The Morgan fingerprint density at radius 1 is 1.10 bits per heavy atom. The quantitative estimate of drug-likeness (QED) is 0.210. The van der Waals surface area contributed by atoms with Gasteiger partial charge in [0, 0.05) is 32.0 Å². The van der Waals surface area contributed by atoms with Crippen LogP contribution in [0.3, 0.4) is 0 Å². The largest absolute Gasteiger partial charge is 0.497 e. The van der Waals surface area contributed by atoms with E-state index >= 15 is 0 Å². The lowest BCUT2D eigenvalue weighted by Gasteiger charge is -2.24. The van der Waals surface area contributed by atoms with E-state index in [1.807, 2.05) is 63.2 Å². The van der Waals surface area contributed by atoms with Gasteiger partial charge in [-0.25, -0.2) is 9.78 Å². The summed E-state index contributed by atoms with van der Waals surface area (Å²) in [5, 5.41) is 9.06. The summed E-state index contributed by atoms with van der Waals surface area (Å²) < 4.78 is 16.8. The van der Waals surface area contributed by atoms with Crippen molar-refractivity contribution >= 4 is 34.8 Å². The number of H-pyrrole nitrogens is 1. The third-order valence-electron chi connectivity index (χ3n) is 6.03. The molecule has 0 aliphatic carbocycles. The van der Waals surface area contributed by atoms with Crippen molar-refractivity contribution in [3.05, 3.63) is 48.0 Å². The van der Waals surface area contributed by atoms with Crippen molar-refractivity contribution in [2.75, 3.05) is 32.1 Å². The predicted octanol–water partition coefficient (Wildman–Crippen LogP) is 3.56. The zero-order valence-electron chi connectivity index (χ0n) is 23.5. The molecule has 1 aliphatic rings. The number of carbonyl (C=O) groups excluding carboxylic acids is 2. The van der Waals surface area contributed by atoms with Crippen molar-refractivity contribution in [2.24, 2.45) is 4.99 Å². The van der Waals surface area contributed by atoms with Crippen molar-refractivity contribution in [1.29, 1.82) is 0 Å². The molecule has 0 saturated carbocycles. The van der Waals surface area contributed by atoms with Crippen LogP contribution in [0.2, 0.25) is 0 Å². The number of aromatic amines is 1. The summed E-state index contributed by atoms with van der Waals surface area (Å²) in [5.74, 6) is 1.94. The number of nitrogens with one attached hydrogen (secondary N) is 4. The lowest BCUT2D eigenvalue weighted by atomic mass is 10.1. The first kappa shape index (κ1) is 28.7. The molecular formula is C29H38N6O5. The molecule has 1 aliphatic heterocycles. The Labute approximate surface area is 234 Å². The van der Waals surface area contributed by atoms with Crippen LogP contribution < -0.4 is 25.4 Å². The van der Waals surface area contributed by atoms with E-state index in [4.69, 9.17) is 14.2 Å². The molecular weight excluding hydrogens is 512 g/mol. The van der Waals surface area contributed by atoms with E-state index in [9.17, 15) is 9.59 Å². The highest BCUT2D eigenvalue weighted by Crippen LogP contribution is 2.22. The number of esters is 1. The van der Waals surface area contributed by atoms with Crippen LogP contribution in [0.25, 0.3) is 11.0 Å². The number of hydrogen-bond donors (Lipinski definition) is 4. The number of aromatic nitrogens is 2. The van der Waals surface area contributed by atoms with Gasteiger partial charge >= 0.3 is 5.97 Å². The Morgan fingerprint density at radius 3 is 2.58 bits per heavy atom. The number of carbonyl (C=O) groups is 2. The number of amides is 1. The van der Waals surface area contributed by atoms with Crippen LogP contribution in [0, 0.1) is 0 Å². The summed E-state index contributed by atoms with van der Waals surface area (Å²) in [7, 11) is 1.60. The number of ether oxygens (including phenoxy) is 3. The van der Waals surface area contributed by atoms with Gasteiger partial charge in [0.25, 0.3) is 0 Å². The number of rotatable bonds is 11. The molecule has 4 rings (SSSR count). The molecule has 1 atom stereocenters. The molecule has 2 aromatic carbocycles. The molecule has 11 heteroatoms. The number of methoxy groups -OCH3 is 1. The Kier molecular flexibility index (Phi) is 9.47. The number of hydrogen-bond acceptors (Lipinski definition) is 9. The van der Waals surface area contributed by atoms with Gasteiger partial charge in [-0.1, -0.05) is 12.1 Å². The molecule has 1 aromatic heterocycles. The summed E-state index contributed by atoms with van der Waals surface area (Å²) >= 11 is 0. The first-order chi connectivity index (χ1) is 19.2. The standard InChI is InChI=1S/C29H38N6O5/c1-29(2,3)40-26(37)24(34-28-32-22-13-12-21(38-4)18-23(22)33-28)17-19-8-10-20(11-9-19)39-16-5-7-25(36)35-27-30-14-6-15-31-27/h8-13,18,24H,5-7,14-17H2,1-4H3,(H2,32,33,34)(H2,30,31,35,36)/t24-/m0/s1. The van der Waals surface area contributed by atoms with Gasteiger partial charge in [0.15, 0.2) is 5.96 Å². The molecule has 0 radical (unpaired) electrons. The summed E-state index contributed by atoms with van der Waals surface area (Å²) in [6, 6.07) is 12.4. The molecule has 11 nitrogen and oxygen atoms in total. The zero-order valence-corrected chi connectivity index (χ0v) is 23.5. The fourth-order valence-corrected chi connectivity index (χ4v) is 4.10. The summed E-state index contributed by atoms with van der Waals surface area (Å²) in [6.07, 6.45) is 2.28. The van der Waals surface area contributed by atoms with Gasteiger partial charge in [0.05, 0.1) is 24.8 Å². The first-order valence-electron chi connectivity index (χ1n) is 13.5. The number of anilines is 1. The molecule has 1 amide bonds. The second-order valence-electron chi connectivity index (χ2n) is 10.6. The third kappa shape index (κ3) is 8.62. The van der Waals surface area contributed by atoms with E-state index in [0.29, 0.717) is 49.3 Å². The fraction of sp³-hybridized carbons (Fsp3) is 0.448. The van der Waals surface area contributed by atoms with Crippen LogP contribution >= 0.6 is 0 Å². The van der Waals surface area contributed by atoms with E-state index in [0.717, 1.165) is 36.1 Å². The van der Waals surface area contributed by atoms with Crippen molar-refractivity contribution in [3.63, 3.8) is 0 Å². The highest BCUT2D eigenvalue weighted by Gasteiger charge is 2.26. The van der Waals surface area contributed by atoms with Gasteiger partial charge in [-0.3, -0.25) is 15.1 Å². The second kappa shape index (κ2) is 13.2. The van der Waals surface area contributed by atoms with Crippen LogP contribution in [0.5, 0.6) is 11.5 Å². The number of aliphatic imine (C=N–C) groups is 1. The highest BCUT2D eigenvalue weighted by molar-refractivity contribution is 5.97. The lowest BCUT2D eigenvalue weighted by molar-refractivity contribution is -0.155. The summed E-state index contributed by atoms with van der Waals surface area (Å²) in [5.41, 5.74) is 1.84. The molecule has 0 bridgehead atoms. The minimum Gasteiger partial charge on any atom is -0.497 e. The maximum Gasteiger partial charge on any atom is 0.329 e. The van der Waals surface area contributed by atoms with E-state index in [2.05, 4.69) is 30.9 Å². The number of benzene rings is 2. The van der Waals surface area contributed by atoms with Crippen molar-refractivity contribution in [2.45, 2.75) is 58.1 Å². The van der Waals surface area contributed by atoms with E-state index < -0.39 is 11.6 Å². The van der Waals surface area contributed by atoms with Crippen molar-refractivity contribution in [1.82, 2.24) is 20.6 Å². The topological polar surface area (TPSA) is 139 Å². The Balaban J connectivity index is 1.32. The van der Waals surface area contributed by atoms with Gasteiger partial charge in [-0.15, -0.1) is 0 Å². The van der Waals surface area contributed by atoms with E-state index in [1.165, 1.54) is 0 Å². The van der Waals surface area contributed by atoms with E-state index in [1.54, 1.807) is 7.11 Å². The molecule has 0 saturated heterocycles. The van der Waals surface area contributed by atoms with Crippen LogP contribution in [0.1, 0.15) is 45.6 Å².